The fraction of sp³-hybridized carbons (Fsp3) is 1.00. The van der Waals surface area contributed by atoms with Crippen molar-refractivity contribution in [2.75, 3.05) is 0 Å². The van der Waals surface area contributed by atoms with Gasteiger partial charge in [0.25, 0.3) is 0 Å². The van der Waals surface area contributed by atoms with E-state index in [4.69, 9.17) is 0 Å². The van der Waals surface area contributed by atoms with Crippen molar-refractivity contribution in [3.05, 3.63) is 0 Å². The van der Waals surface area contributed by atoms with Gasteiger partial charge in [-0.05, 0) is 73.0 Å². The largest absolute Gasteiger partial charge is 0.412 e. The van der Waals surface area contributed by atoms with E-state index in [9.17, 15) is 10.2 Å². The maximum atomic E-state index is 11.0. The van der Waals surface area contributed by atoms with Crippen LogP contribution < -0.4 is 0 Å². The third kappa shape index (κ3) is 4.93. The summed E-state index contributed by atoms with van der Waals surface area (Å²) in [6, 6.07) is 0. The Morgan fingerprint density at radius 2 is 1.09 bits per heavy atom. The van der Waals surface area contributed by atoms with Crippen LogP contribution in [0.15, 0.2) is 0 Å². The van der Waals surface area contributed by atoms with Crippen LogP contribution in [0.2, 0.25) is 0 Å². The van der Waals surface area contributed by atoms with E-state index in [1.165, 1.54) is 12.8 Å². The Labute approximate surface area is 144 Å². The number of hydrogen-bond acceptors (Lipinski definition) is 2. The van der Waals surface area contributed by atoms with E-state index in [2.05, 4.69) is 41.5 Å². The van der Waals surface area contributed by atoms with Crippen LogP contribution in [0.5, 0.6) is 0 Å². The highest BCUT2D eigenvalue weighted by atomic mass is 16.3. The van der Waals surface area contributed by atoms with E-state index in [1.54, 1.807) is 0 Å². The van der Waals surface area contributed by atoms with Gasteiger partial charge in [-0.2, -0.15) is 0 Å². The zero-order valence-electron chi connectivity index (χ0n) is 16.1. The molecular formula is C20H42O3. The fourth-order valence-electron chi connectivity index (χ4n) is 5.00. The molecule has 4 N–H and O–H groups in total. The summed E-state index contributed by atoms with van der Waals surface area (Å²) < 4.78 is 0. The number of hydrogen-bond donors (Lipinski definition) is 2. The first kappa shape index (κ1) is 20.9. The summed E-state index contributed by atoms with van der Waals surface area (Å²) in [6.45, 7) is 13.7. The SMILES string of the molecule is CC(C)(C)C1CC(C2CCC(O)CC2)CC(C(C)(C)C)C1O.O.[HH]. The molecule has 2 aliphatic rings. The van der Waals surface area contributed by atoms with Crippen molar-refractivity contribution in [3.8, 4) is 0 Å². The molecule has 140 valence electrons. The highest BCUT2D eigenvalue weighted by Crippen LogP contribution is 2.51. The zero-order chi connectivity index (χ0) is 16.7. The molecule has 0 bridgehead atoms. The molecule has 0 aromatic carbocycles. The highest BCUT2D eigenvalue weighted by molar-refractivity contribution is 4.97. The lowest BCUT2D eigenvalue weighted by molar-refractivity contribution is -0.0959. The van der Waals surface area contributed by atoms with E-state index in [0.29, 0.717) is 11.8 Å². The fourth-order valence-corrected chi connectivity index (χ4v) is 5.00. The van der Waals surface area contributed by atoms with Crippen LogP contribution in [0.1, 0.15) is 81.5 Å². The normalized spacial score (nSPS) is 39.7. The Hall–Kier alpha value is -0.120. The molecule has 2 atom stereocenters. The summed E-state index contributed by atoms with van der Waals surface area (Å²) in [5, 5.41) is 20.8. The molecule has 0 aromatic rings. The van der Waals surface area contributed by atoms with Gasteiger partial charge in [-0.15, -0.1) is 0 Å². The Morgan fingerprint density at radius 3 is 1.43 bits per heavy atom. The monoisotopic (exact) mass is 330 g/mol. The lowest BCUT2D eigenvalue weighted by atomic mass is 9.56. The Kier molecular flexibility index (Phi) is 6.74. The van der Waals surface area contributed by atoms with Crippen molar-refractivity contribution < 1.29 is 17.1 Å². The van der Waals surface area contributed by atoms with E-state index >= 15 is 0 Å². The van der Waals surface area contributed by atoms with Crippen LogP contribution in [0.4, 0.5) is 0 Å². The average molecular weight is 331 g/mol. The molecule has 0 radical (unpaired) electrons. The van der Waals surface area contributed by atoms with Crippen LogP contribution in [-0.4, -0.2) is 27.9 Å². The smallest absolute Gasteiger partial charge is 0.0606 e. The lowest BCUT2D eigenvalue weighted by Crippen LogP contribution is -2.49. The first-order valence-electron chi connectivity index (χ1n) is 9.36. The topological polar surface area (TPSA) is 72.0 Å². The summed E-state index contributed by atoms with van der Waals surface area (Å²) >= 11 is 0. The van der Waals surface area contributed by atoms with Crippen molar-refractivity contribution in [1.29, 1.82) is 0 Å². The van der Waals surface area contributed by atoms with Gasteiger partial charge in [-0.3, -0.25) is 0 Å². The van der Waals surface area contributed by atoms with Crippen LogP contribution in [0.25, 0.3) is 0 Å². The second-order valence-electron chi connectivity index (χ2n) is 10.2. The molecule has 0 heterocycles. The minimum absolute atomic E-state index is 0. The summed E-state index contributed by atoms with van der Waals surface area (Å²) in [5.74, 6) is 2.26. The van der Waals surface area contributed by atoms with E-state index in [-0.39, 0.29) is 29.9 Å². The number of aliphatic hydroxyl groups is 2. The second-order valence-corrected chi connectivity index (χ2v) is 10.2. The predicted octanol–water partition coefficient (Wildman–Crippen LogP) is 4.05. The first-order valence-corrected chi connectivity index (χ1v) is 9.36. The van der Waals surface area contributed by atoms with Crippen molar-refractivity contribution in [3.63, 3.8) is 0 Å². The van der Waals surface area contributed by atoms with Crippen molar-refractivity contribution in [2.24, 2.45) is 34.5 Å². The molecule has 2 unspecified atom stereocenters. The molecule has 0 aromatic heterocycles. The molecular weight excluding hydrogens is 288 g/mol. The maximum Gasteiger partial charge on any atom is 0.0606 e. The number of rotatable bonds is 1. The van der Waals surface area contributed by atoms with Crippen molar-refractivity contribution >= 4 is 0 Å². The summed E-state index contributed by atoms with van der Waals surface area (Å²) in [5.41, 5.74) is 0.325. The third-order valence-electron chi connectivity index (χ3n) is 6.57. The third-order valence-corrected chi connectivity index (χ3v) is 6.57. The second kappa shape index (κ2) is 7.41. The van der Waals surface area contributed by atoms with Gasteiger partial charge in [0.1, 0.15) is 0 Å². The molecule has 0 aliphatic heterocycles. The van der Waals surface area contributed by atoms with Crippen LogP contribution in [-0.2, 0) is 0 Å². The van der Waals surface area contributed by atoms with Crippen LogP contribution in [0.3, 0.4) is 0 Å². The van der Waals surface area contributed by atoms with Gasteiger partial charge in [-0.25, -0.2) is 0 Å². The zero-order valence-corrected chi connectivity index (χ0v) is 16.1. The van der Waals surface area contributed by atoms with Crippen molar-refractivity contribution in [2.45, 2.75) is 92.3 Å². The minimum atomic E-state index is -0.176. The maximum absolute atomic E-state index is 11.0. The van der Waals surface area contributed by atoms with Gasteiger partial charge in [0.05, 0.1) is 12.2 Å². The molecule has 2 saturated carbocycles. The van der Waals surface area contributed by atoms with Crippen LogP contribution >= 0.6 is 0 Å². The predicted molar refractivity (Wildman–Crippen MR) is 98.3 cm³/mol. The van der Waals surface area contributed by atoms with Crippen molar-refractivity contribution in [1.82, 2.24) is 0 Å². The number of aliphatic hydroxyl groups excluding tert-OH is 2. The van der Waals surface area contributed by atoms with Gasteiger partial charge in [-0.1, -0.05) is 41.5 Å². The molecule has 0 amide bonds. The van der Waals surface area contributed by atoms with Gasteiger partial charge < -0.3 is 15.7 Å². The summed E-state index contributed by atoms with van der Waals surface area (Å²) in [6.07, 6.45) is 6.39. The van der Waals surface area contributed by atoms with Gasteiger partial charge >= 0.3 is 0 Å². The van der Waals surface area contributed by atoms with Gasteiger partial charge in [0.15, 0.2) is 0 Å². The molecule has 0 spiro atoms. The van der Waals surface area contributed by atoms with Gasteiger partial charge in [0.2, 0.25) is 0 Å². The Morgan fingerprint density at radius 1 is 0.696 bits per heavy atom. The van der Waals surface area contributed by atoms with E-state index in [0.717, 1.165) is 37.5 Å². The Bertz CT molecular complexity index is 340. The summed E-state index contributed by atoms with van der Waals surface area (Å²) in [4.78, 5) is 0. The molecule has 3 nitrogen and oxygen atoms in total. The highest BCUT2D eigenvalue weighted by Gasteiger charge is 2.47. The minimum Gasteiger partial charge on any atom is -0.412 e. The quantitative estimate of drug-likeness (QED) is 0.761. The Balaban J connectivity index is 0.00000264. The molecule has 2 rings (SSSR count). The molecule has 2 aliphatic carbocycles. The van der Waals surface area contributed by atoms with Gasteiger partial charge in [0, 0.05) is 1.43 Å². The molecule has 2 fully saturated rings. The summed E-state index contributed by atoms with van der Waals surface area (Å²) in [7, 11) is 0. The van der Waals surface area contributed by atoms with Crippen LogP contribution in [0, 0.1) is 34.5 Å². The molecule has 23 heavy (non-hydrogen) atoms. The van der Waals surface area contributed by atoms with E-state index < -0.39 is 0 Å². The molecule has 0 saturated heterocycles. The average Bonchev–Trinajstić information content (AvgIpc) is 2.37. The standard InChI is InChI=1S/C20H38O2.H2O.H2/c1-19(2,3)16-11-14(13-7-9-15(21)10-8-13)12-17(18(16)22)20(4,5)6;;/h13-18,21-22H,7-12H2,1-6H3;1H2;1H. The van der Waals surface area contributed by atoms with E-state index in [1.807, 2.05) is 0 Å². The first-order chi connectivity index (χ1) is 10.00. The lowest BCUT2D eigenvalue weighted by Gasteiger charge is -2.51. The molecule has 3 heteroatoms.